The van der Waals surface area contributed by atoms with E-state index in [2.05, 4.69) is 17.2 Å². The molecule has 4 rings (SSSR count). The summed E-state index contributed by atoms with van der Waals surface area (Å²) in [5.74, 6) is 0.447. The summed E-state index contributed by atoms with van der Waals surface area (Å²) in [5.41, 5.74) is 3.94. The van der Waals surface area contributed by atoms with Crippen LogP contribution in [0.3, 0.4) is 0 Å². The van der Waals surface area contributed by atoms with Crippen LogP contribution in [0.15, 0.2) is 58.6 Å². The molecule has 25 heavy (non-hydrogen) atoms. The summed E-state index contributed by atoms with van der Waals surface area (Å²) in [5, 5.41) is 7.42. The van der Waals surface area contributed by atoms with Crippen LogP contribution in [0.1, 0.15) is 33.9 Å². The summed E-state index contributed by atoms with van der Waals surface area (Å²) in [7, 11) is 1.39. The molecule has 2 aromatic carbocycles. The largest absolute Gasteiger partial charge is 0.465 e. The summed E-state index contributed by atoms with van der Waals surface area (Å²) in [6, 6.07) is 16.0. The van der Waals surface area contributed by atoms with Crippen molar-refractivity contribution >= 4 is 34.8 Å². The lowest BCUT2D eigenvalue weighted by Crippen LogP contribution is -2.27. The Bertz CT molecular complexity index is 861. The number of methoxy groups -OCH3 is 1. The van der Waals surface area contributed by atoms with Crippen molar-refractivity contribution in [3.63, 3.8) is 0 Å². The lowest BCUT2D eigenvalue weighted by molar-refractivity contribution is 0.0600. The number of aliphatic imine (C=N–C) groups is 1. The summed E-state index contributed by atoms with van der Waals surface area (Å²) in [6.07, 6.45) is 2.86. The number of hydrogen-bond donors (Lipinski definition) is 0. The Balaban J connectivity index is 1.52. The van der Waals surface area contributed by atoms with Gasteiger partial charge in [-0.25, -0.2) is 14.8 Å². The van der Waals surface area contributed by atoms with Crippen molar-refractivity contribution in [2.75, 3.05) is 7.11 Å². The number of rotatable bonds is 3. The molecule has 0 unspecified atom stereocenters. The Hall–Kier alpha value is -2.60. The molecule has 6 heteroatoms. The number of ether oxygens (including phenoxy) is 1. The molecule has 0 radical (unpaired) electrons. The van der Waals surface area contributed by atoms with Gasteiger partial charge in [0.1, 0.15) is 0 Å². The van der Waals surface area contributed by atoms with E-state index in [4.69, 9.17) is 9.73 Å². The number of benzene rings is 2. The predicted molar refractivity (Wildman–Crippen MR) is 100 cm³/mol. The van der Waals surface area contributed by atoms with Gasteiger partial charge in [-0.05, 0) is 23.8 Å². The fourth-order valence-corrected chi connectivity index (χ4v) is 3.94. The maximum absolute atomic E-state index is 11.5. The van der Waals surface area contributed by atoms with Crippen molar-refractivity contribution in [1.29, 1.82) is 0 Å². The van der Waals surface area contributed by atoms with Crippen molar-refractivity contribution in [1.82, 2.24) is 5.01 Å². The summed E-state index contributed by atoms with van der Waals surface area (Å²) >= 11 is 1.66. The number of nitrogens with zero attached hydrogens (tertiary/aromatic N) is 3. The molecule has 2 aliphatic rings. The molecule has 0 saturated carbocycles. The van der Waals surface area contributed by atoms with Crippen LogP contribution in [0.4, 0.5) is 5.69 Å². The average molecular weight is 351 g/mol. The first-order valence-electron chi connectivity index (χ1n) is 8.05. The molecule has 0 saturated heterocycles. The second-order valence-corrected chi connectivity index (χ2v) is 6.77. The first kappa shape index (κ1) is 15.9. The SMILES string of the molecule is COC(=O)c1ccc(CSC2=Nc3ccccc3[C@@H]3CC=NN23)cc1. The van der Waals surface area contributed by atoms with E-state index >= 15 is 0 Å². The number of para-hydroxylation sites is 1. The lowest BCUT2D eigenvalue weighted by Gasteiger charge is -2.29. The summed E-state index contributed by atoms with van der Waals surface area (Å²) in [6.45, 7) is 0. The summed E-state index contributed by atoms with van der Waals surface area (Å²) in [4.78, 5) is 16.3. The number of hydrogen-bond acceptors (Lipinski definition) is 6. The van der Waals surface area contributed by atoms with E-state index < -0.39 is 0 Å². The zero-order valence-electron chi connectivity index (χ0n) is 13.8. The second kappa shape index (κ2) is 6.72. The van der Waals surface area contributed by atoms with E-state index in [9.17, 15) is 4.79 Å². The van der Waals surface area contributed by atoms with Gasteiger partial charge in [0.05, 0.1) is 24.4 Å². The van der Waals surface area contributed by atoms with Gasteiger partial charge in [0.2, 0.25) is 0 Å². The molecule has 126 valence electrons. The molecular weight excluding hydrogens is 334 g/mol. The maximum atomic E-state index is 11.5. The third-order valence-electron chi connectivity index (χ3n) is 4.28. The Morgan fingerprint density at radius 2 is 2.04 bits per heavy atom. The number of esters is 1. The van der Waals surface area contributed by atoms with Crippen LogP contribution in [0.5, 0.6) is 0 Å². The minimum Gasteiger partial charge on any atom is -0.465 e. The fraction of sp³-hybridized carbons (Fsp3) is 0.211. The van der Waals surface area contributed by atoms with Crippen LogP contribution in [-0.4, -0.2) is 29.5 Å². The van der Waals surface area contributed by atoms with Crippen molar-refractivity contribution in [2.45, 2.75) is 18.2 Å². The number of fused-ring (bicyclic) bond motifs is 3. The van der Waals surface area contributed by atoms with Crippen LogP contribution in [0, 0.1) is 0 Å². The van der Waals surface area contributed by atoms with Gasteiger partial charge in [-0.2, -0.15) is 5.10 Å². The molecule has 0 N–H and O–H groups in total. The first-order chi connectivity index (χ1) is 12.3. The summed E-state index contributed by atoms with van der Waals surface area (Å²) < 4.78 is 4.73. The predicted octanol–water partition coefficient (Wildman–Crippen LogP) is 4.14. The third kappa shape index (κ3) is 3.05. The fourth-order valence-electron chi connectivity index (χ4n) is 2.98. The molecule has 0 fully saturated rings. The van der Waals surface area contributed by atoms with E-state index in [0.717, 1.165) is 28.6 Å². The number of carbonyl (C=O) groups is 1. The van der Waals surface area contributed by atoms with Crippen molar-refractivity contribution in [2.24, 2.45) is 10.1 Å². The van der Waals surface area contributed by atoms with Crippen molar-refractivity contribution in [3.8, 4) is 0 Å². The highest BCUT2D eigenvalue weighted by molar-refractivity contribution is 8.13. The molecule has 0 spiro atoms. The van der Waals surface area contributed by atoms with Crippen LogP contribution >= 0.6 is 11.8 Å². The maximum Gasteiger partial charge on any atom is 0.337 e. The molecule has 1 atom stereocenters. The minimum atomic E-state index is -0.318. The van der Waals surface area contributed by atoms with Gasteiger partial charge in [0.15, 0.2) is 5.17 Å². The Labute approximate surface area is 150 Å². The first-order valence-corrected chi connectivity index (χ1v) is 9.04. The standard InChI is InChI=1S/C19H17N3O2S/c1-24-18(23)14-8-6-13(7-9-14)12-25-19-21-16-5-3-2-4-15(16)17-10-11-20-22(17)19/h2-9,11,17H,10,12H2,1H3/t17-/m0/s1. The highest BCUT2D eigenvalue weighted by Gasteiger charge is 2.32. The Morgan fingerprint density at radius 1 is 1.24 bits per heavy atom. The molecule has 0 bridgehead atoms. The van der Waals surface area contributed by atoms with Gasteiger partial charge >= 0.3 is 5.97 Å². The van der Waals surface area contributed by atoms with E-state index in [-0.39, 0.29) is 12.0 Å². The topological polar surface area (TPSA) is 54.3 Å². The molecule has 2 heterocycles. The molecular formula is C19H17N3O2S. The van der Waals surface area contributed by atoms with E-state index in [1.807, 2.05) is 35.5 Å². The van der Waals surface area contributed by atoms with Crippen LogP contribution in [0.2, 0.25) is 0 Å². The highest BCUT2D eigenvalue weighted by atomic mass is 32.2. The zero-order chi connectivity index (χ0) is 17.2. The van der Waals surface area contributed by atoms with Gasteiger partial charge < -0.3 is 4.74 Å². The highest BCUT2D eigenvalue weighted by Crippen LogP contribution is 2.41. The van der Waals surface area contributed by atoms with Crippen molar-refractivity contribution in [3.05, 3.63) is 65.2 Å². The zero-order valence-corrected chi connectivity index (χ0v) is 14.6. The van der Waals surface area contributed by atoms with Gasteiger partial charge in [0.25, 0.3) is 0 Å². The molecule has 0 aromatic heterocycles. The number of amidine groups is 1. The van der Waals surface area contributed by atoms with Gasteiger partial charge in [-0.3, -0.25) is 0 Å². The van der Waals surface area contributed by atoms with Crippen molar-refractivity contribution < 1.29 is 9.53 Å². The van der Waals surface area contributed by atoms with Gasteiger partial charge in [-0.1, -0.05) is 42.1 Å². The average Bonchev–Trinajstić information content (AvgIpc) is 3.16. The quantitative estimate of drug-likeness (QED) is 0.780. The van der Waals surface area contributed by atoms with E-state index in [1.54, 1.807) is 23.9 Å². The molecule has 0 aliphatic carbocycles. The Morgan fingerprint density at radius 3 is 2.84 bits per heavy atom. The molecule has 2 aromatic rings. The van der Waals surface area contributed by atoms with E-state index in [1.165, 1.54) is 12.7 Å². The van der Waals surface area contributed by atoms with Gasteiger partial charge in [-0.15, -0.1) is 0 Å². The van der Waals surface area contributed by atoms with E-state index in [0.29, 0.717) is 5.56 Å². The lowest BCUT2D eigenvalue weighted by atomic mass is 10.0. The normalized spacial score (nSPS) is 17.7. The minimum absolute atomic E-state index is 0.248. The monoisotopic (exact) mass is 351 g/mol. The molecule has 5 nitrogen and oxygen atoms in total. The number of thioether (sulfide) groups is 1. The number of carbonyl (C=O) groups excluding carboxylic acids is 1. The molecule has 0 amide bonds. The van der Waals surface area contributed by atoms with Gasteiger partial charge in [0, 0.05) is 24.0 Å². The van der Waals surface area contributed by atoms with Crippen LogP contribution in [-0.2, 0) is 10.5 Å². The second-order valence-electron chi connectivity index (χ2n) is 5.82. The Kier molecular flexibility index (Phi) is 4.28. The third-order valence-corrected chi connectivity index (χ3v) is 5.29. The molecule has 2 aliphatic heterocycles. The smallest absolute Gasteiger partial charge is 0.337 e. The van der Waals surface area contributed by atoms with Crippen LogP contribution < -0.4 is 0 Å². The van der Waals surface area contributed by atoms with Crippen LogP contribution in [0.25, 0.3) is 0 Å². The number of hydrazone groups is 1.